The number of hydrogen-bond acceptors (Lipinski definition) is 4. The van der Waals surface area contributed by atoms with Crippen LogP contribution in [0.5, 0.6) is 5.75 Å². The molecule has 0 aromatic heterocycles. The van der Waals surface area contributed by atoms with Crippen molar-refractivity contribution in [2.75, 3.05) is 33.9 Å². The molecule has 0 aliphatic rings. The number of nitrogens with one attached hydrogen (secondary N) is 1. The quantitative estimate of drug-likeness (QED) is 0.739. The number of benzene rings is 1. The Hall–Kier alpha value is -1.10. The average Bonchev–Trinajstić information content (AvgIpc) is 2.39. The summed E-state index contributed by atoms with van der Waals surface area (Å²) in [5.41, 5.74) is 0.862. The summed E-state index contributed by atoms with van der Waals surface area (Å²) in [5, 5.41) is 13.3. The fourth-order valence-corrected chi connectivity index (χ4v) is 1.78. The van der Waals surface area contributed by atoms with Gasteiger partial charge in [-0.05, 0) is 23.6 Å². The molecular weight excluding hydrogens is 230 g/mol. The number of aliphatic hydroxyl groups excluding tert-OH is 1. The van der Waals surface area contributed by atoms with Crippen LogP contribution in [0.4, 0.5) is 0 Å². The maximum Gasteiger partial charge on any atom is 0.119 e. The molecule has 18 heavy (non-hydrogen) atoms. The van der Waals surface area contributed by atoms with Crippen LogP contribution in [0.2, 0.25) is 0 Å². The van der Waals surface area contributed by atoms with Crippen molar-refractivity contribution in [2.24, 2.45) is 5.92 Å². The summed E-state index contributed by atoms with van der Waals surface area (Å²) in [5.74, 6) is 1.20. The summed E-state index contributed by atoms with van der Waals surface area (Å²) in [4.78, 5) is 0. The zero-order chi connectivity index (χ0) is 13.4. The molecule has 0 saturated heterocycles. The van der Waals surface area contributed by atoms with Crippen LogP contribution >= 0.6 is 0 Å². The lowest BCUT2D eigenvalue weighted by molar-refractivity contribution is 0.147. The van der Waals surface area contributed by atoms with E-state index in [4.69, 9.17) is 9.47 Å². The van der Waals surface area contributed by atoms with Crippen molar-refractivity contribution in [1.82, 2.24) is 5.32 Å². The third-order valence-electron chi connectivity index (χ3n) is 2.76. The van der Waals surface area contributed by atoms with Crippen LogP contribution in [-0.4, -0.2) is 39.0 Å². The predicted octanol–water partition coefficient (Wildman–Crippen LogP) is 1.60. The molecule has 0 bridgehead atoms. The van der Waals surface area contributed by atoms with E-state index < -0.39 is 6.10 Å². The third kappa shape index (κ3) is 5.04. The zero-order valence-electron chi connectivity index (χ0n) is 11.3. The van der Waals surface area contributed by atoms with Crippen LogP contribution in [0.15, 0.2) is 24.3 Å². The fraction of sp³-hybridized carbons (Fsp3) is 0.571. The van der Waals surface area contributed by atoms with Gasteiger partial charge in [-0.3, -0.25) is 0 Å². The highest BCUT2D eigenvalue weighted by Gasteiger charge is 2.09. The van der Waals surface area contributed by atoms with E-state index >= 15 is 0 Å². The predicted molar refractivity (Wildman–Crippen MR) is 71.9 cm³/mol. The molecule has 0 heterocycles. The normalized spacial score (nSPS) is 14.2. The lowest BCUT2D eigenvalue weighted by atomic mass is 10.1. The molecule has 4 nitrogen and oxygen atoms in total. The minimum Gasteiger partial charge on any atom is -0.497 e. The van der Waals surface area contributed by atoms with Crippen molar-refractivity contribution in [2.45, 2.75) is 13.0 Å². The molecule has 1 aromatic rings. The first kappa shape index (κ1) is 15.0. The number of ether oxygens (including phenoxy) is 2. The SMILES string of the molecule is COCC(C)CNCC(O)c1cccc(OC)c1. The smallest absolute Gasteiger partial charge is 0.119 e. The Bertz CT molecular complexity index is 344. The largest absolute Gasteiger partial charge is 0.497 e. The molecule has 0 spiro atoms. The summed E-state index contributed by atoms with van der Waals surface area (Å²) in [6.45, 7) is 4.19. The molecule has 1 aromatic carbocycles. The molecule has 1 rings (SSSR count). The highest BCUT2D eigenvalue weighted by molar-refractivity contribution is 5.29. The summed E-state index contributed by atoms with van der Waals surface area (Å²) in [6.07, 6.45) is -0.519. The average molecular weight is 253 g/mol. The third-order valence-corrected chi connectivity index (χ3v) is 2.76. The van der Waals surface area contributed by atoms with E-state index in [1.807, 2.05) is 24.3 Å². The van der Waals surface area contributed by atoms with Gasteiger partial charge in [0.25, 0.3) is 0 Å². The van der Waals surface area contributed by atoms with Crippen LogP contribution < -0.4 is 10.1 Å². The minimum atomic E-state index is -0.519. The molecule has 2 unspecified atom stereocenters. The van der Waals surface area contributed by atoms with Gasteiger partial charge in [-0.25, -0.2) is 0 Å². The molecular formula is C14H23NO3. The number of aliphatic hydroxyl groups is 1. The molecule has 102 valence electrons. The number of hydrogen-bond donors (Lipinski definition) is 2. The summed E-state index contributed by atoms with van der Waals surface area (Å²) >= 11 is 0. The Morgan fingerprint density at radius 1 is 1.28 bits per heavy atom. The lowest BCUT2D eigenvalue weighted by Gasteiger charge is -2.15. The summed E-state index contributed by atoms with van der Waals surface area (Å²) < 4.78 is 10.2. The van der Waals surface area contributed by atoms with Gasteiger partial charge in [0.1, 0.15) is 5.75 Å². The molecule has 0 fully saturated rings. The Kier molecular flexibility index (Phi) is 6.72. The molecule has 4 heteroatoms. The van der Waals surface area contributed by atoms with E-state index in [0.717, 1.165) is 24.5 Å². The standard InChI is InChI=1S/C14H23NO3/c1-11(10-17-2)8-15-9-14(16)12-5-4-6-13(7-12)18-3/h4-7,11,14-16H,8-10H2,1-3H3. The molecule has 2 N–H and O–H groups in total. The monoisotopic (exact) mass is 253 g/mol. The van der Waals surface area contributed by atoms with E-state index in [0.29, 0.717) is 12.5 Å². The van der Waals surface area contributed by atoms with Crippen molar-refractivity contribution in [3.8, 4) is 5.75 Å². The van der Waals surface area contributed by atoms with E-state index in [2.05, 4.69) is 12.2 Å². The Balaban J connectivity index is 2.37. The first-order valence-corrected chi connectivity index (χ1v) is 6.19. The van der Waals surface area contributed by atoms with Gasteiger partial charge in [0.15, 0.2) is 0 Å². The Labute approximate surface area is 109 Å². The fourth-order valence-electron chi connectivity index (χ4n) is 1.78. The lowest BCUT2D eigenvalue weighted by Crippen LogP contribution is -2.28. The Morgan fingerprint density at radius 3 is 2.72 bits per heavy atom. The summed E-state index contributed by atoms with van der Waals surface area (Å²) in [6, 6.07) is 7.49. The van der Waals surface area contributed by atoms with Crippen LogP contribution in [0, 0.1) is 5.92 Å². The molecule has 0 saturated carbocycles. The van der Waals surface area contributed by atoms with Crippen LogP contribution in [0.3, 0.4) is 0 Å². The second-order valence-electron chi connectivity index (χ2n) is 4.51. The van der Waals surface area contributed by atoms with Gasteiger partial charge in [-0.1, -0.05) is 19.1 Å². The van der Waals surface area contributed by atoms with Crippen LogP contribution in [0.1, 0.15) is 18.6 Å². The van der Waals surface area contributed by atoms with Crippen molar-refractivity contribution in [3.05, 3.63) is 29.8 Å². The van der Waals surface area contributed by atoms with Crippen molar-refractivity contribution in [1.29, 1.82) is 0 Å². The molecule has 2 atom stereocenters. The first-order chi connectivity index (χ1) is 8.67. The van der Waals surface area contributed by atoms with Crippen molar-refractivity contribution < 1.29 is 14.6 Å². The van der Waals surface area contributed by atoms with Gasteiger partial charge in [-0.2, -0.15) is 0 Å². The van der Waals surface area contributed by atoms with E-state index in [9.17, 15) is 5.11 Å². The van der Waals surface area contributed by atoms with Gasteiger partial charge in [0, 0.05) is 26.8 Å². The molecule has 0 aliphatic heterocycles. The van der Waals surface area contributed by atoms with E-state index in [1.54, 1.807) is 14.2 Å². The highest BCUT2D eigenvalue weighted by Crippen LogP contribution is 2.18. The second kappa shape index (κ2) is 8.08. The maximum absolute atomic E-state index is 10.0. The van der Waals surface area contributed by atoms with Crippen molar-refractivity contribution in [3.63, 3.8) is 0 Å². The molecule has 0 aliphatic carbocycles. The van der Waals surface area contributed by atoms with Gasteiger partial charge in [-0.15, -0.1) is 0 Å². The highest BCUT2D eigenvalue weighted by atomic mass is 16.5. The first-order valence-electron chi connectivity index (χ1n) is 6.19. The van der Waals surface area contributed by atoms with E-state index in [1.165, 1.54) is 0 Å². The van der Waals surface area contributed by atoms with E-state index in [-0.39, 0.29) is 0 Å². The molecule has 0 amide bonds. The van der Waals surface area contributed by atoms with Crippen LogP contribution in [-0.2, 0) is 4.74 Å². The summed E-state index contributed by atoms with van der Waals surface area (Å²) in [7, 11) is 3.32. The maximum atomic E-state index is 10.0. The molecule has 0 radical (unpaired) electrons. The van der Waals surface area contributed by atoms with Crippen LogP contribution in [0.25, 0.3) is 0 Å². The number of methoxy groups -OCH3 is 2. The second-order valence-corrected chi connectivity index (χ2v) is 4.51. The van der Waals surface area contributed by atoms with Gasteiger partial charge >= 0.3 is 0 Å². The van der Waals surface area contributed by atoms with Crippen molar-refractivity contribution >= 4 is 0 Å². The number of rotatable bonds is 8. The minimum absolute atomic E-state index is 0.438. The van der Waals surface area contributed by atoms with Gasteiger partial charge in [0.05, 0.1) is 13.2 Å². The Morgan fingerprint density at radius 2 is 2.06 bits per heavy atom. The zero-order valence-corrected chi connectivity index (χ0v) is 11.3. The van der Waals surface area contributed by atoms with Gasteiger partial charge in [0.2, 0.25) is 0 Å². The van der Waals surface area contributed by atoms with Gasteiger partial charge < -0.3 is 19.9 Å². The topological polar surface area (TPSA) is 50.7 Å².